The van der Waals surface area contributed by atoms with Gasteiger partial charge in [0.25, 0.3) is 0 Å². The van der Waals surface area contributed by atoms with Crippen LogP contribution in [-0.2, 0) is 25.8 Å². The number of halogens is 2. The fourth-order valence-electron chi connectivity index (χ4n) is 2.78. The average Bonchev–Trinajstić information content (AvgIpc) is 2.90. The van der Waals surface area contributed by atoms with Crippen LogP contribution in [0.1, 0.15) is 25.3 Å². The van der Waals surface area contributed by atoms with Gasteiger partial charge in [0.15, 0.2) is 9.84 Å². The van der Waals surface area contributed by atoms with E-state index < -0.39 is 15.9 Å². The van der Waals surface area contributed by atoms with Gasteiger partial charge in [-0.05, 0) is 43.4 Å². The molecule has 1 aromatic rings. The van der Waals surface area contributed by atoms with Crippen LogP contribution in [0.4, 0.5) is 0 Å². The van der Waals surface area contributed by atoms with Crippen molar-refractivity contribution in [1.82, 2.24) is 10.6 Å². The van der Waals surface area contributed by atoms with Gasteiger partial charge < -0.3 is 10.6 Å². The van der Waals surface area contributed by atoms with Crippen LogP contribution < -0.4 is 10.6 Å². The number of hydrogen-bond donors (Lipinski definition) is 2. The Morgan fingerprint density at radius 2 is 2.04 bits per heavy atom. The molecule has 144 valence electrons. The molecule has 0 saturated carbocycles. The number of amides is 2. The Balaban J connectivity index is 1.73. The molecular formula is C17H22Cl2N2O4S. The van der Waals surface area contributed by atoms with Crippen LogP contribution in [0.15, 0.2) is 18.2 Å². The van der Waals surface area contributed by atoms with E-state index in [0.717, 1.165) is 5.56 Å². The molecule has 2 atom stereocenters. The molecule has 1 aliphatic rings. The molecule has 2 rings (SSSR count). The fourth-order valence-corrected chi connectivity index (χ4v) is 5.15. The molecule has 0 spiro atoms. The van der Waals surface area contributed by atoms with Gasteiger partial charge in [0.2, 0.25) is 11.8 Å². The van der Waals surface area contributed by atoms with Crippen molar-refractivity contribution in [2.45, 2.75) is 32.2 Å². The first-order valence-corrected chi connectivity index (χ1v) is 11.0. The zero-order valence-electron chi connectivity index (χ0n) is 14.4. The Morgan fingerprint density at radius 1 is 1.31 bits per heavy atom. The van der Waals surface area contributed by atoms with Gasteiger partial charge in [0.1, 0.15) is 6.04 Å². The summed E-state index contributed by atoms with van der Waals surface area (Å²) in [5, 5.41) is 6.37. The number of rotatable bonds is 7. The van der Waals surface area contributed by atoms with Crippen molar-refractivity contribution in [3.05, 3.63) is 33.8 Å². The average molecular weight is 421 g/mol. The number of carbonyl (C=O) groups excluding carboxylic acids is 2. The number of hydrogen-bond acceptors (Lipinski definition) is 4. The summed E-state index contributed by atoms with van der Waals surface area (Å²) in [5.41, 5.74) is 0.811. The van der Waals surface area contributed by atoms with E-state index >= 15 is 0 Å². The lowest BCUT2D eigenvalue weighted by molar-refractivity contribution is -0.128. The van der Waals surface area contributed by atoms with Crippen LogP contribution in [0.3, 0.4) is 0 Å². The quantitative estimate of drug-likeness (QED) is 0.704. The van der Waals surface area contributed by atoms with E-state index in [2.05, 4.69) is 10.6 Å². The molecule has 0 aromatic heterocycles. The van der Waals surface area contributed by atoms with E-state index in [1.54, 1.807) is 25.1 Å². The molecule has 1 aliphatic heterocycles. The predicted molar refractivity (Wildman–Crippen MR) is 102 cm³/mol. The summed E-state index contributed by atoms with van der Waals surface area (Å²) in [6.07, 6.45) is 1.20. The first-order valence-electron chi connectivity index (χ1n) is 8.38. The van der Waals surface area contributed by atoms with Gasteiger partial charge in [-0.25, -0.2) is 8.42 Å². The van der Waals surface area contributed by atoms with Gasteiger partial charge in [0, 0.05) is 23.0 Å². The van der Waals surface area contributed by atoms with Gasteiger partial charge >= 0.3 is 0 Å². The van der Waals surface area contributed by atoms with Crippen molar-refractivity contribution < 1.29 is 18.0 Å². The molecule has 6 nitrogen and oxygen atoms in total. The topological polar surface area (TPSA) is 92.3 Å². The molecule has 0 bridgehead atoms. The molecule has 1 fully saturated rings. The Bertz CT molecular complexity index is 783. The largest absolute Gasteiger partial charge is 0.354 e. The SMILES string of the molecule is CC(NC(=O)CCc1ccc(Cl)cc1Cl)C(=O)NCC1CCS(=O)(=O)C1. The second-order valence-electron chi connectivity index (χ2n) is 6.54. The molecule has 1 aromatic carbocycles. The molecule has 2 N–H and O–H groups in total. The summed E-state index contributed by atoms with van der Waals surface area (Å²) in [6.45, 7) is 1.90. The molecule has 9 heteroatoms. The highest BCUT2D eigenvalue weighted by atomic mass is 35.5. The third-order valence-electron chi connectivity index (χ3n) is 4.30. The molecule has 2 unspecified atom stereocenters. The van der Waals surface area contributed by atoms with Gasteiger partial charge in [-0.15, -0.1) is 0 Å². The van der Waals surface area contributed by atoms with Crippen molar-refractivity contribution in [2.24, 2.45) is 5.92 Å². The summed E-state index contributed by atoms with van der Waals surface area (Å²) in [7, 11) is -2.96. The van der Waals surface area contributed by atoms with Crippen molar-refractivity contribution in [3.8, 4) is 0 Å². The lowest BCUT2D eigenvalue weighted by Crippen LogP contribution is -2.46. The standard InChI is InChI=1S/C17H22Cl2N2O4S/c1-11(17(23)20-9-12-6-7-26(24,25)10-12)21-16(22)5-3-13-2-4-14(18)8-15(13)19/h2,4,8,11-12H,3,5-7,9-10H2,1H3,(H,20,23)(H,21,22). The lowest BCUT2D eigenvalue weighted by Gasteiger charge is -2.16. The van der Waals surface area contributed by atoms with Crippen LogP contribution in [0.25, 0.3) is 0 Å². The van der Waals surface area contributed by atoms with Crippen molar-refractivity contribution in [2.75, 3.05) is 18.1 Å². The minimum Gasteiger partial charge on any atom is -0.354 e. The highest BCUT2D eigenvalue weighted by molar-refractivity contribution is 7.91. The Hall–Kier alpha value is -1.31. The molecule has 1 saturated heterocycles. The predicted octanol–water partition coefficient (Wildman–Crippen LogP) is 1.98. The monoisotopic (exact) mass is 420 g/mol. The van der Waals surface area contributed by atoms with Gasteiger partial charge in [-0.1, -0.05) is 29.3 Å². The highest BCUT2D eigenvalue weighted by Crippen LogP contribution is 2.22. The smallest absolute Gasteiger partial charge is 0.242 e. The summed E-state index contributed by atoms with van der Waals surface area (Å²) >= 11 is 11.9. The van der Waals surface area contributed by atoms with Crippen molar-refractivity contribution in [3.63, 3.8) is 0 Å². The second-order valence-corrected chi connectivity index (χ2v) is 9.61. The number of benzene rings is 1. The lowest BCUT2D eigenvalue weighted by atomic mass is 10.1. The zero-order valence-corrected chi connectivity index (χ0v) is 16.8. The van der Waals surface area contributed by atoms with Gasteiger partial charge in [0.05, 0.1) is 11.5 Å². The Morgan fingerprint density at radius 3 is 2.65 bits per heavy atom. The van der Waals surface area contributed by atoms with Crippen molar-refractivity contribution in [1.29, 1.82) is 0 Å². The van der Waals surface area contributed by atoms with E-state index in [-0.39, 0.29) is 35.7 Å². The Kier molecular flexibility index (Phi) is 7.32. The van der Waals surface area contributed by atoms with E-state index in [1.807, 2.05) is 0 Å². The third-order valence-corrected chi connectivity index (χ3v) is 6.72. The van der Waals surface area contributed by atoms with Crippen LogP contribution in [0.5, 0.6) is 0 Å². The van der Waals surface area contributed by atoms with E-state index in [0.29, 0.717) is 29.4 Å². The summed E-state index contributed by atoms with van der Waals surface area (Å²) in [6, 6.07) is 4.40. The zero-order chi connectivity index (χ0) is 19.3. The first kappa shape index (κ1) is 21.0. The minimum absolute atomic E-state index is 0.0566. The minimum atomic E-state index is -2.96. The molecule has 0 aliphatic carbocycles. The summed E-state index contributed by atoms with van der Waals surface area (Å²) in [4.78, 5) is 24.1. The fraction of sp³-hybridized carbons (Fsp3) is 0.529. The summed E-state index contributed by atoms with van der Waals surface area (Å²) in [5.74, 6) is -0.364. The van der Waals surface area contributed by atoms with Crippen LogP contribution in [-0.4, -0.2) is 44.3 Å². The van der Waals surface area contributed by atoms with Crippen molar-refractivity contribution >= 4 is 44.9 Å². The maximum Gasteiger partial charge on any atom is 0.242 e. The highest BCUT2D eigenvalue weighted by Gasteiger charge is 2.28. The first-order chi connectivity index (χ1) is 12.2. The third kappa shape index (κ3) is 6.45. The number of aryl methyl sites for hydroxylation is 1. The van der Waals surface area contributed by atoms with Gasteiger partial charge in [-0.2, -0.15) is 0 Å². The maximum absolute atomic E-state index is 12.1. The van der Waals surface area contributed by atoms with E-state index in [1.165, 1.54) is 0 Å². The molecular weight excluding hydrogens is 399 g/mol. The van der Waals surface area contributed by atoms with Gasteiger partial charge in [-0.3, -0.25) is 9.59 Å². The summed E-state index contributed by atoms with van der Waals surface area (Å²) < 4.78 is 22.8. The molecule has 2 amide bonds. The number of sulfone groups is 1. The van der Waals surface area contributed by atoms with E-state index in [4.69, 9.17) is 23.2 Å². The Labute approximate surface area is 163 Å². The number of carbonyl (C=O) groups is 2. The molecule has 0 radical (unpaired) electrons. The number of nitrogens with one attached hydrogen (secondary N) is 2. The molecule has 26 heavy (non-hydrogen) atoms. The maximum atomic E-state index is 12.1. The van der Waals surface area contributed by atoms with Crippen LogP contribution in [0.2, 0.25) is 10.0 Å². The normalized spacial score (nSPS) is 19.7. The molecule has 1 heterocycles. The van der Waals surface area contributed by atoms with E-state index in [9.17, 15) is 18.0 Å². The second kappa shape index (κ2) is 9.06. The van der Waals surface area contributed by atoms with Crippen LogP contribution in [0, 0.1) is 5.92 Å². The van der Waals surface area contributed by atoms with Crippen LogP contribution >= 0.6 is 23.2 Å².